The Bertz CT molecular complexity index is 142. The summed E-state index contributed by atoms with van der Waals surface area (Å²) in [6.07, 6.45) is 14.9. The molecule has 2 aliphatic carbocycles. The molecule has 0 aromatic rings. The van der Waals surface area contributed by atoms with Gasteiger partial charge in [-0.2, -0.15) is 0 Å². The molecule has 82 valence electrons. The van der Waals surface area contributed by atoms with Crippen LogP contribution < -0.4 is 3.68 Å². The predicted octanol–water partition coefficient (Wildman–Crippen LogP) is 3.61. The van der Waals surface area contributed by atoms with Crippen molar-refractivity contribution in [3.63, 3.8) is 0 Å². The van der Waals surface area contributed by atoms with E-state index >= 15 is 0 Å². The summed E-state index contributed by atoms with van der Waals surface area (Å²) in [6, 6.07) is 0. The zero-order chi connectivity index (χ0) is 9.80. The van der Waals surface area contributed by atoms with Gasteiger partial charge in [-0.15, -0.1) is 0 Å². The van der Waals surface area contributed by atoms with Gasteiger partial charge in [-0.1, -0.05) is 0 Å². The maximum absolute atomic E-state index is 6.63. The van der Waals surface area contributed by atoms with E-state index in [9.17, 15) is 0 Å². The molecule has 0 atom stereocenters. The second kappa shape index (κ2) is 5.80. The summed E-state index contributed by atoms with van der Waals surface area (Å²) < 4.78 is 8.77. The van der Waals surface area contributed by atoms with Crippen molar-refractivity contribution < 1.29 is 0 Å². The van der Waals surface area contributed by atoms with Gasteiger partial charge >= 0.3 is 97.2 Å². The van der Waals surface area contributed by atoms with Crippen LogP contribution in [0.3, 0.4) is 0 Å². The van der Waals surface area contributed by atoms with Crippen LogP contribution in [0.5, 0.6) is 0 Å². The third-order valence-electron chi connectivity index (χ3n) is 3.99. The van der Waals surface area contributed by atoms with Crippen LogP contribution in [0, 0.1) is 0 Å². The van der Waals surface area contributed by atoms with Crippen molar-refractivity contribution >= 4 is 22.0 Å². The second-order valence-corrected chi connectivity index (χ2v) is 14.2. The maximum atomic E-state index is 6.63. The average Bonchev–Trinajstić information content (AvgIpc) is 2.30. The van der Waals surface area contributed by atoms with E-state index in [1.807, 2.05) is 0 Å². The molecule has 2 aliphatic rings. The molecule has 0 heterocycles. The van der Waals surface area contributed by atoms with E-state index in [1.54, 1.807) is 0 Å². The van der Waals surface area contributed by atoms with Gasteiger partial charge in [0.15, 0.2) is 0 Å². The van der Waals surface area contributed by atoms with Crippen molar-refractivity contribution in [3.8, 4) is 0 Å². The number of hydrogen-bond donors (Lipinski definition) is 1. The molecular weight excluding hydrogens is 367 g/mol. The fourth-order valence-electron chi connectivity index (χ4n) is 3.06. The molecule has 0 unspecified atom stereocenters. The minimum absolute atomic E-state index is 1.07. The molecule has 0 saturated heterocycles. The SMILES string of the molecule is [NH2][Bi]([CH]1CCCCC1)[CH]1CCCCC1. The fourth-order valence-corrected chi connectivity index (χ4v) is 12.8. The Morgan fingerprint density at radius 1 is 0.643 bits per heavy atom. The van der Waals surface area contributed by atoms with Gasteiger partial charge in [0.1, 0.15) is 0 Å². The predicted molar refractivity (Wildman–Crippen MR) is 63.6 cm³/mol. The van der Waals surface area contributed by atoms with Crippen LogP contribution in [0.15, 0.2) is 0 Å². The summed E-state index contributed by atoms with van der Waals surface area (Å²) >= 11 is -1.52. The molecule has 2 heteroatoms. The van der Waals surface area contributed by atoms with Crippen molar-refractivity contribution in [1.82, 2.24) is 0 Å². The van der Waals surface area contributed by atoms with Crippen LogP contribution >= 0.6 is 0 Å². The first-order chi connectivity index (χ1) is 6.88. The molecule has 0 amide bonds. The number of nitrogens with two attached hydrogens (primary N) is 1. The molecule has 0 radical (unpaired) electrons. The van der Waals surface area contributed by atoms with Crippen LogP contribution in [0.25, 0.3) is 0 Å². The first-order valence-electron chi connectivity index (χ1n) is 6.41. The zero-order valence-corrected chi connectivity index (χ0v) is 12.7. The molecule has 0 aliphatic heterocycles. The number of hydrogen-bond acceptors (Lipinski definition) is 1. The Labute approximate surface area is 96.9 Å². The Kier molecular flexibility index (Phi) is 4.69. The van der Waals surface area contributed by atoms with E-state index in [2.05, 4.69) is 0 Å². The molecular formula is C12H24BiN. The third kappa shape index (κ3) is 2.92. The van der Waals surface area contributed by atoms with Crippen LogP contribution in [0.4, 0.5) is 0 Å². The van der Waals surface area contributed by atoms with E-state index in [1.165, 1.54) is 64.2 Å². The molecule has 0 bridgehead atoms. The molecule has 0 spiro atoms. The Morgan fingerprint density at radius 3 is 1.36 bits per heavy atom. The summed E-state index contributed by atoms with van der Waals surface area (Å²) in [5.74, 6) is 0. The summed E-state index contributed by atoms with van der Waals surface area (Å²) in [4.78, 5) is 0. The zero-order valence-electron chi connectivity index (χ0n) is 9.25. The van der Waals surface area contributed by atoms with Gasteiger partial charge in [0.05, 0.1) is 0 Å². The van der Waals surface area contributed by atoms with Gasteiger partial charge in [-0.25, -0.2) is 0 Å². The van der Waals surface area contributed by atoms with Crippen molar-refractivity contribution in [2.75, 3.05) is 0 Å². The Morgan fingerprint density at radius 2 is 1.00 bits per heavy atom. The molecule has 2 rings (SSSR count). The van der Waals surface area contributed by atoms with Gasteiger partial charge in [0.2, 0.25) is 0 Å². The van der Waals surface area contributed by atoms with Crippen LogP contribution in [-0.4, -0.2) is 22.0 Å². The Hall–Kier alpha value is 0.843. The van der Waals surface area contributed by atoms with Crippen LogP contribution in [0.2, 0.25) is 7.25 Å². The van der Waals surface area contributed by atoms with Crippen LogP contribution in [0.1, 0.15) is 64.2 Å². The molecule has 14 heavy (non-hydrogen) atoms. The van der Waals surface area contributed by atoms with E-state index in [0.717, 1.165) is 7.25 Å². The summed E-state index contributed by atoms with van der Waals surface area (Å²) in [5, 5.41) is 0. The molecule has 0 aromatic heterocycles. The monoisotopic (exact) mass is 391 g/mol. The van der Waals surface area contributed by atoms with Crippen LogP contribution in [-0.2, 0) is 0 Å². The minimum atomic E-state index is -1.52. The van der Waals surface area contributed by atoms with Gasteiger partial charge in [0, 0.05) is 0 Å². The van der Waals surface area contributed by atoms with E-state index in [4.69, 9.17) is 3.68 Å². The normalized spacial score (nSPS) is 27.0. The first-order valence-corrected chi connectivity index (χ1v) is 12.4. The summed E-state index contributed by atoms with van der Waals surface area (Å²) in [6.45, 7) is 0. The first kappa shape index (κ1) is 11.3. The third-order valence-corrected chi connectivity index (χ3v) is 14.6. The molecule has 2 saturated carbocycles. The standard InChI is InChI=1S/2C6H11.Bi.H2N/c2*1-2-4-6-5-3-1;;/h2*1H,2-6H2;;1H2/q;;+1;-1. The van der Waals surface area contributed by atoms with Crippen molar-refractivity contribution in [2.24, 2.45) is 3.68 Å². The van der Waals surface area contributed by atoms with E-state index in [-0.39, 0.29) is 0 Å². The molecule has 2 fully saturated rings. The van der Waals surface area contributed by atoms with Crippen molar-refractivity contribution in [1.29, 1.82) is 0 Å². The summed E-state index contributed by atoms with van der Waals surface area (Å²) in [5.41, 5.74) is 0. The quantitative estimate of drug-likeness (QED) is 0.716. The van der Waals surface area contributed by atoms with Gasteiger partial charge in [-0.3, -0.25) is 0 Å². The van der Waals surface area contributed by atoms with Gasteiger partial charge in [-0.05, 0) is 0 Å². The summed E-state index contributed by atoms with van der Waals surface area (Å²) in [7, 11) is 0. The van der Waals surface area contributed by atoms with Crippen molar-refractivity contribution in [3.05, 3.63) is 0 Å². The van der Waals surface area contributed by atoms with Crippen molar-refractivity contribution in [2.45, 2.75) is 71.5 Å². The average molecular weight is 391 g/mol. The topological polar surface area (TPSA) is 26.0 Å². The molecule has 0 aromatic carbocycles. The fraction of sp³-hybridized carbons (Fsp3) is 1.00. The van der Waals surface area contributed by atoms with E-state index < -0.39 is 22.0 Å². The molecule has 1 nitrogen and oxygen atoms in total. The second-order valence-electron chi connectivity index (χ2n) is 5.03. The van der Waals surface area contributed by atoms with Gasteiger partial charge < -0.3 is 0 Å². The van der Waals surface area contributed by atoms with E-state index in [0.29, 0.717) is 0 Å². The van der Waals surface area contributed by atoms with Gasteiger partial charge in [0.25, 0.3) is 0 Å². The Balaban J connectivity index is 1.82. The molecule has 2 N–H and O–H groups in total. The number of rotatable bonds is 2.